The molecule has 2 N–H and O–H groups in total. The van der Waals surface area contributed by atoms with Crippen molar-refractivity contribution in [2.45, 2.75) is 20.3 Å². The van der Waals surface area contributed by atoms with Crippen molar-refractivity contribution in [3.05, 3.63) is 39.0 Å². The minimum Gasteiger partial charge on any atom is -0.383 e. The van der Waals surface area contributed by atoms with Gasteiger partial charge in [-0.1, -0.05) is 34.5 Å². The molecule has 0 fully saturated rings. The van der Waals surface area contributed by atoms with Gasteiger partial charge in [-0.2, -0.15) is 0 Å². The molecule has 1 aromatic heterocycles. The van der Waals surface area contributed by atoms with Gasteiger partial charge < -0.3 is 5.73 Å². The number of nitrogens with two attached hydrogens (primary N) is 1. The number of aromatic nitrogens is 2. The summed E-state index contributed by atoms with van der Waals surface area (Å²) in [5, 5.41) is 0.612. The lowest BCUT2D eigenvalue weighted by molar-refractivity contribution is 1.01. The molecule has 2 aromatic rings. The van der Waals surface area contributed by atoms with E-state index in [1.807, 2.05) is 32.0 Å². The summed E-state index contributed by atoms with van der Waals surface area (Å²) in [4.78, 5) is 8.82. The highest BCUT2D eigenvalue weighted by molar-refractivity contribution is 9.10. The monoisotopic (exact) mass is 325 g/mol. The van der Waals surface area contributed by atoms with Gasteiger partial charge in [0.1, 0.15) is 5.82 Å². The van der Waals surface area contributed by atoms with Crippen molar-refractivity contribution in [1.29, 1.82) is 0 Å². The predicted molar refractivity (Wildman–Crippen MR) is 78.7 cm³/mol. The molecule has 0 aliphatic carbocycles. The number of hydrogen-bond acceptors (Lipinski definition) is 3. The summed E-state index contributed by atoms with van der Waals surface area (Å²) in [6, 6.07) is 5.58. The molecule has 3 nitrogen and oxygen atoms in total. The van der Waals surface area contributed by atoms with Gasteiger partial charge in [-0.15, -0.1) is 0 Å². The fourth-order valence-electron chi connectivity index (χ4n) is 1.84. The van der Waals surface area contributed by atoms with Crippen LogP contribution in [0.3, 0.4) is 0 Å². The third kappa shape index (κ3) is 2.49. The topological polar surface area (TPSA) is 51.8 Å². The summed E-state index contributed by atoms with van der Waals surface area (Å²) in [7, 11) is 0. The normalized spacial score (nSPS) is 10.7. The van der Waals surface area contributed by atoms with Crippen molar-refractivity contribution in [2.75, 3.05) is 5.73 Å². The van der Waals surface area contributed by atoms with Crippen molar-refractivity contribution < 1.29 is 0 Å². The van der Waals surface area contributed by atoms with E-state index in [2.05, 4.69) is 25.9 Å². The first-order chi connectivity index (χ1) is 8.52. The molecule has 1 aromatic carbocycles. The van der Waals surface area contributed by atoms with Crippen LogP contribution < -0.4 is 5.73 Å². The van der Waals surface area contributed by atoms with Crippen molar-refractivity contribution in [3.8, 4) is 11.4 Å². The van der Waals surface area contributed by atoms with E-state index in [0.717, 1.165) is 27.7 Å². The third-order valence-corrected chi connectivity index (χ3v) is 3.59. The van der Waals surface area contributed by atoms with Gasteiger partial charge in [-0.3, -0.25) is 0 Å². The Labute approximate surface area is 120 Å². The van der Waals surface area contributed by atoms with Gasteiger partial charge in [0, 0.05) is 21.3 Å². The summed E-state index contributed by atoms with van der Waals surface area (Å²) < 4.78 is 0.932. The number of nitrogens with zero attached hydrogens (tertiary/aromatic N) is 2. The fourth-order valence-corrected chi connectivity index (χ4v) is 2.41. The minimum atomic E-state index is 0.524. The lowest BCUT2D eigenvalue weighted by Gasteiger charge is -2.10. The summed E-state index contributed by atoms with van der Waals surface area (Å²) in [6.45, 7) is 3.97. The van der Waals surface area contributed by atoms with Crippen LogP contribution in [0.25, 0.3) is 11.4 Å². The number of nitrogen functional groups attached to an aromatic ring is 1. The van der Waals surface area contributed by atoms with Gasteiger partial charge in [0.25, 0.3) is 0 Å². The van der Waals surface area contributed by atoms with Crippen molar-refractivity contribution >= 4 is 33.3 Å². The average Bonchev–Trinajstić information content (AvgIpc) is 2.32. The minimum absolute atomic E-state index is 0.524. The van der Waals surface area contributed by atoms with E-state index in [4.69, 9.17) is 17.3 Å². The Morgan fingerprint density at radius 1 is 1.33 bits per heavy atom. The highest BCUT2D eigenvalue weighted by Crippen LogP contribution is 2.30. The summed E-state index contributed by atoms with van der Waals surface area (Å²) >= 11 is 9.58. The number of anilines is 1. The van der Waals surface area contributed by atoms with E-state index in [0.29, 0.717) is 16.7 Å². The van der Waals surface area contributed by atoms with Gasteiger partial charge in [0.05, 0.1) is 5.02 Å². The van der Waals surface area contributed by atoms with E-state index in [1.54, 1.807) is 0 Å². The Hall–Kier alpha value is -1.13. The molecule has 0 radical (unpaired) electrons. The van der Waals surface area contributed by atoms with E-state index in [9.17, 15) is 0 Å². The molecule has 0 spiro atoms. The van der Waals surface area contributed by atoms with Crippen LogP contribution in [0, 0.1) is 6.92 Å². The van der Waals surface area contributed by atoms with Crippen molar-refractivity contribution in [1.82, 2.24) is 9.97 Å². The first-order valence-corrected chi connectivity index (χ1v) is 6.78. The largest absolute Gasteiger partial charge is 0.383 e. The average molecular weight is 327 g/mol. The van der Waals surface area contributed by atoms with Crippen LogP contribution in [0.4, 0.5) is 5.82 Å². The second kappa shape index (κ2) is 5.24. The van der Waals surface area contributed by atoms with Crippen LogP contribution >= 0.6 is 27.5 Å². The second-order valence-corrected chi connectivity index (χ2v) is 5.30. The molecular weight excluding hydrogens is 314 g/mol. The Morgan fingerprint density at radius 2 is 2.06 bits per heavy atom. The lowest BCUT2D eigenvalue weighted by Crippen LogP contribution is -2.04. The van der Waals surface area contributed by atoms with Gasteiger partial charge in [-0.05, 0) is 31.5 Å². The van der Waals surface area contributed by atoms with Gasteiger partial charge in [0.15, 0.2) is 5.82 Å². The Bertz CT molecular complexity index is 576. The Kier molecular flexibility index (Phi) is 3.88. The number of halogens is 2. The molecule has 1 heterocycles. The highest BCUT2D eigenvalue weighted by atomic mass is 79.9. The standard InChI is InChI=1S/C13H13BrClN3/c1-3-9-7(2)17-13(18-12(9)16)10-6-8(14)4-5-11(10)15/h4-6H,3H2,1-2H3,(H2,16,17,18). The Balaban J connectivity index is 2.61. The van der Waals surface area contributed by atoms with Crippen molar-refractivity contribution in [2.24, 2.45) is 0 Å². The molecule has 0 bridgehead atoms. The zero-order valence-electron chi connectivity index (χ0n) is 10.2. The quantitative estimate of drug-likeness (QED) is 0.907. The third-order valence-electron chi connectivity index (χ3n) is 2.77. The highest BCUT2D eigenvalue weighted by Gasteiger charge is 2.12. The number of hydrogen-bond donors (Lipinski definition) is 1. The zero-order valence-corrected chi connectivity index (χ0v) is 12.5. The molecule has 0 saturated heterocycles. The predicted octanol–water partition coefficient (Wildman–Crippen LogP) is 4.01. The van der Waals surface area contributed by atoms with Gasteiger partial charge in [0.2, 0.25) is 0 Å². The van der Waals surface area contributed by atoms with Crippen LogP contribution in [0.1, 0.15) is 18.2 Å². The molecule has 0 unspecified atom stereocenters. The molecule has 0 atom stereocenters. The summed E-state index contributed by atoms with van der Waals surface area (Å²) in [5.41, 5.74) is 8.62. The van der Waals surface area contributed by atoms with Crippen LogP contribution in [0.15, 0.2) is 22.7 Å². The SMILES string of the molecule is CCc1c(C)nc(-c2cc(Br)ccc2Cl)nc1N. The Morgan fingerprint density at radius 3 is 2.67 bits per heavy atom. The number of aryl methyl sites for hydroxylation is 1. The molecule has 5 heteroatoms. The maximum atomic E-state index is 6.17. The first-order valence-electron chi connectivity index (χ1n) is 5.61. The van der Waals surface area contributed by atoms with E-state index in [1.165, 1.54) is 0 Å². The van der Waals surface area contributed by atoms with Crippen molar-refractivity contribution in [3.63, 3.8) is 0 Å². The second-order valence-electron chi connectivity index (χ2n) is 3.97. The van der Waals surface area contributed by atoms with E-state index in [-0.39, 0.29) is 0 Å². The molecule has 94 valence electrons. The summed E-state index contributed by atoms with van der Waals surface area (Å²) in [6.07, 6.45) is 0.824. The number of benzene rings is 1. The molecular formula is C13H13BrClN3. The maximum Gasteiger partial charge on any atom is 0.163 e. The van der Waals surface area contributed by atoms with Gasteiger partial charge in [-0.25, -0.2) is 9.97 Å². The first kappa shape index (κ1) is 13.3. The maximum absolute atomic E-state index is 6.17. The van der Waals surface area contributed by atoms with Gasteiger partial charge >= 0.3 is 0 Å². The lowest BCUT2D eigenvalue weighted by atomic mass is 10.1. The molecule has 0 saturated carbocycles. The van der Waals surface area contributed by atoms with Crippen LogP contribution in [0.5, 0.6) is 0 Å². The molecule has 2 rings (SSSR count). The fraction of sp³-hybridized carbons (Fsp3) is 0.231. The van der Waals surface area contributed by atoms with E-state index < -0.39 is 0 Å². The molecule has 0 amide bonds. The van der Waals surface area contributed by atoms with Crippen LogP contribution in [-0.2, 0) is 6.42 Å². The summed E-state index contributed by atoms with van der Waals surface area (Å²) in [5.74, 6) is 1.09. The van der Waals surface area contributed by atoms with Crippen LogP contribution in [-0.4, -0.2) is 9.97 Å². The van der Waals surface area contributed by atoms with Crippen LogP contribution in [0.2, 0.25) is 5.02 Å². The smallest absolute Gasteiger partial charge is 0.163 e. The zero-order chi connectivity index (χ0) is 13.3. The van der Waals surface area contributed by atoms with E-state index >= 15 is 0 Å². The number of rotatable bonds is 2. The molecule has 0 aliphatic heterocycles. The molecule has 18 heavy (non-hydrogen) atoms. The molecule has 0 aliphatic rings.